The number of amides is 2. The summed E-state index contributed by atoms with van der Waals surface area (Å²) in [5, 5.41) is 5.93. The summed E-state index contributed by atoms with van der Waals surface area (Å²) in [5.74, 6) is -1.53. The van der Waals surface area contributed by atoms with E-state index >= 15 is 0 Å². The number of benzene rings is 3. The Bertz CT molecular complexity index is 1430. The Balaban J connectivity index is 1.52. The number of anilines is 1. The minimum Gasteiger partial charge on any atom is -0.406 e. The molecule has 0 aliphatic rings. The summed E-state index contributed by atoms with van der Waals surface area (Å²) in [5.41, 5.74) is 1.55. The summed E-state index contributed by atoms with van der Waals surface area (Å²) in [6.45, 7) is 1.57. The Morgan fingerprint density at radius 2 is 1.56 bits per heavy atom. The zero-order valence-corrected chi connectivity index (χ0v) is 23.6. The minimum absolute atomic E-state index is 0.0826. The molecule has 39 heavy (non-hydrogen) atoms. The van der Waals surface area contributed by atoms with Crippen molar-refractivity contribution in [1.82, 2.24) is 10.3 Å². The van der Waals surface area contributed by atoms with Crippen LogP contribution in [0.5, 0.6) is 5.75 Å². The van der Waals surface area contributed by atoms with Gasteiger partial charge >= 0.3 is 6.36 Å². The zero-order chi connectivity index (χ0) is 28.0. The molecule has 0 aliphatic carbocycles. The summed E-state index contributed by atoms with van der Waals surface area (Å²) in [7, 11) is 0. The number of ether oxygens (including phenoxy) is 1. The van der Waals surface area contributed by atoms with Crippen molar-refractivity contribution in [3.63, 3.8) is 0 Å². The van der Waals surface area contributed by atoms with Gasteiger partial charge in [-0.25, -0.2) is 4.98 Å². The van der Waals surface area contributed by atoms with Gasteiger partial charge < -0.3 is 10.1 Å². The maximum absolute atomic E-state index is 13.3. The van der Waals surface area contributed by atoms with Gasteiger partial charge in [-0.3, -0.25) is 14.9 Å². The molecule has 1 aromatic heterocycles. The molecule has 2 amide bonds. The van der Waals surface area contributed by atoms with Gasteiger partial charge in [0.25, 0.3) is 11.8 Å². The van der Waals surface area contributed by atoms with Crippen molar-refractivity contribution in [3.8, 4) is 17.0 Å². The van der Waals surface area contributed by atoms with Crippen LogP contribution in [0.25, 0.3) is 11.3 Å². The maximum Gasteiger partial charge on any atom is 0.573 e. The van der Waals surface area contributed by atoms with Crippen LogP contribution >= 0.6 is 33.9 Å². The van der Waals surface area contributed by atoms with Gasteiger partial charge in [0.05, 0.1) is 5.69 Å². The molecular formula is C28H23F3IN3O3S. The molecule has 0 saturated heterocycles. The largest absolute Gasteiger partial charge is 0.573 e. The lowest BCUT2D eigenvalue weighted by Gasteiger charge is -2.27. The molecule has 2 N–H and O–H groups in total. The Morgan fingerprint density at radius 3 is 2.15 bits per heavy atom. The van der Waals surface area contributed by atoms with Gasteiger partial charge in [-0.15, -0.1) is 24.5 Å². The number of nitrogens with one attached hydrogen (secondary N) is 2. The van der Waals surface area contributed by atoms with Crippen LogP contribution in [0.4, 0.5) is 18.3 Å². The predicted molar refractivity (Wildman–Crippen MR) is 153 cm³/mol. The van der Waals surface area contributed by atoms with Crippen LogP contribution in [0.3, 0.4) is 0 Å². The lowest BCUT2D eigenvalue weighted by atomic mass is 10.0. The van der Waals surface area contributed by atoms with Gasteiger partial charge in [-0.05, 0) is 36.8 Å². The number of alkyl halides is 4. The van der Waals surface area contributed by atoms with E-state index in [0.717, 1.165) is 33.8 Å². The molecule has 0 bridgehead atoms. The van der Waals surface area contributed by atoms with Crippen molar-refractivity contribution >= 4 is 50.9 Å². The van der Waals surface area contributed by atoms with Crippen LogP contribution in [0, 0.1) is 0 Å². The number of carbonyl (C=O) groups excluding carboxylic acids is 2. The third-order valence-electron chi connectivity index (χ3n) is 5.68. The molecule has 11 heteroatoms. The Morgan fingerprint density at radius 1 is 0.949 bits per heavy atom. The Labute approximate surface area is 240 Å². The molecule has 0 aliphatic heterocycles. The third kappa shape index (κ3) is 7.57. The van der Waals surface area contributed by atoms with E-state index in [1.807, 2.05) is 83.3 Å². The van der Waals surface area contributed by atoms with Gasteiger partial charge in [0.2, 0.25) is 0 Å². The van der Waals surface area contributed by atoms with Gasteiger partial charge in [-0.1, -0.05) is 83.3 Å². The summed E-state index contributed by atoms with van der Waals surface area (Å²) >= 11 is 3.36. The van der Waals surface area contributed by atoms with E-state index in [1.54, 1.807) is 6.92 Å². The molecule has 6 nitrogen and oxygen atoms in total. The molecule has 0 spiro atoms. The molecule has 0 saturated carbocycles. The Kier molecular flexibility index (Phi) is 8.90. The third-order valence-corrected chi connectivity index (χ3v) is 8.18. The first-order valence-electron chi connectivity index (χ1n) is 11.7. The highest BCUT2D eigenvalue weighted by Gasteiger charge is 2.35. The molecular weight excluding hydrogens is 642 g/mol. The highest BCUT2D eigenvalue weighted by atomic mass is 127. The highest BCUT2D eigenvalue weighted by molar-refractivity contribution is 14.1. The van der Waals surface area contributed by atoms with E-state index in [1.165, 1.54) is 23.5 Å². The first kappa shape index (κ1) is 28.6. The first-order chi connectivity index (χ1) is 18.6. The van der Waals surface area contributed by atoms with Gasteiger partial charge in [0.1, 0.15) is 11.3 Å². The van der Waals surface area contributed by atoms with Gasteiger partial charge in [0, 0.05) is 26.9 Å². The molecule has 4 aromatic rings. The fraction of sp³-hybridized carbons (Fsp3) is 0.179. The molecule has 1 unspecified atom stereocenters. The minimum atomic E-state index is -4.83. The fourth-order valence-corrected chi connectivity index (χ4v) is 5.19. The van der Waals surface area contributed by atoms with E-state index in [0.29, 0.717) is 11.6 Å². The van der Waals surface area contributed by atoms with E-state index < -0.39 is 29.5 Å². The highest BCUT2D eigenvalue weighted by Crippen LogP contribution is 2.33. The average Bonchev–Trinajstić information content (AvgIpc) is 3.30. The number of hydrogen-bond donors (Lipinski definition) is 2. The number of thiazole rings is 1. The first-order valence-corrected chi connectivity index (χ1v) is 14.1. The van der Waals surface area contributed by atoms with Crippen molar-refractivity contribution in [2.24, 2.45) is 0 Å². The number of rotatable bonds is 9. The van der Waals surface area contributed by atoms with E-state index in [-0.39, 0.29) is 9.99 Å². The lowest BCUT2D eigenvalue weighted by molar-refractivity contribution is -0.274. The topological polar surface area (TPSA) is 80.3 Å². The summed E-state index contributed by atoms with van der Waals surface area (Å²) in [6, 6.07) is 24.1. The van der Waals surface area contributed by atoms with Crippen LogP contribution in [-0.4, -0.2) is 33.1 Å². The molecule has 0 fully saturated rings. The maximum atomic E-state index is 13.3. The fourth-order valence-electron chi connectivity index (χ4n) is 3.64. The van der Waals surface area contributed by atoms with E-state index in [4.69, 9.17) is 4.98 Å². The van der Waals surface area contributed by atoms with Crippen molar-refractivity contribution in [1.29, 1.82) is 0 Å². The van der Waals surface area contributed by atoms with Crippen LogP contribution in [0.2, 0.25) is 0 Å². The van der Waals surface area contributed by atoms with Crippen molar-refractivity contribution in [2.75, 3.05) is 9.74 Å². The summed E-state index contributed by atoms with van der Waals surface area (Å²) < 4.78 is 41.3. The smallest absolute Gasteiger partial charge is 0.406 e. The van der Waals surface area contributed by atoms with Crippen LogP contribution in [-0.2, 0) is 11.2 Å². The Hall–Kier alpha value is -3.45. The van der Waals surface area contributed by atoms with Crippen LogP contribution in [0.15, 0.2) is 84.9 Å². The molecule has 0 radical (unpaired) electrons. The van der Waals surface area contributed by atoms with Gasteiger partial charge in [0.15, 0.2) is 5.13 Å². The number of hydrogen-bond acceptors (Lipinski definition) is 5. The zero-order valence-electron chi connectivity index (χ0n) is 20.6. The second kappa shape index (κ2) is 12.2. The lowest BCUT2D eigenvalue weighted by Crippen LogP contribution is -2.56. The molecule has 1 heterocycles. The quantitative estimate of drug-likeness (QED) is 0.151. The summed E-state index contributed by atoms with van der Waals surface area (Å²) in [6.07, 6.45) is -4.20. The van der Waals surface area contributed by atoms with Crippen molar-refractivity contribution < 1.29 is 27.5 Å². The molecule has 1 atom stereocenters. The second-order valence-electron chi connectivity index (χ2n) is 8.77. The van der Waals surface area contributed by atoms with Crippen LogP contribution in [0.1, 0.15) is 27.7 Å². The SMILES string of the molecule is CC(CI)(NC(=O)c1ccc(OC(F)(F)F)cc1)C(=O)Nc1nc(-c2ccccc2)c(Cc2ccccc2)s1. The monoisotopic (exact) mass is 665 g/mol. The number of carbonyl (C=O) groups is 2. The molecule has 4 rings (SSSR count). The number of nitrogens with zero attached hydrogens (tertiary/aromatic N) is 1. The van der Waals surface area contributed by atoms with E-state index in [9.17, 15) is 22.8 Å². The van der Waals surface area contributed by atoms with E-state index in [2.05, 4.69) is 15.4 Å². The average molecular weight is 665 g/mol. The molecule has 202 valence electrons. The normalized spacial score (nSPS) is 12.8. The van der Waals surface area contributed by atoms with Crippen LogP contribution < -0.4 is 15.4 Å². The van der Waals surface area contributed by atoms with Crippen molar-refractivity contribution in [3.05, 3.63) is 101 Å². The van der Waals surface area contributed by atoms with Crippen molar-refractivity contribution in [2.45, 2.75) is 25.2 Å². The molecule has 3 aromatic carbocycles. The standard InChI is InChI=1S/C28H23F3IN3O3S/c1-27(17-32,35-24(36)20-12-14-21(15-13-20)38-28(29,30)31)25(37)34-26-33-23(19-10-6-3-7-11-19)22(39-26)16-18-8-4-2-5-9-18/h2-15H,16-17H2,1H3,(H,35,36)(H,33,34,37). The van der Waals surface area contributed by atoms with Gasteiger partial charge in [-0.2, -0.15) is 0 Å². The summed E-state index contributed by atoms with van der Waals surface area (Å²) in [4.78, 5) is 31.9. The second-order valence-corrected chi connectivity index (χ2v) is 10.6. The number of halogens is 4. The number of aromatic nitrogens is 1. The predicted octanol–water partition coefficient (Wildman–Crippen LogP) is 6.86.